The number of para-hydroxylation sites is 2. The number of aromatic amines is 1. The number of benzene rings is 2. The van der Waals surface area contributed by atoms with Crippen molar-refractivity contribution in [2.75, 3.05) is 6.54 Å². The monoisotopic (exact) mass is 365 g/mol. The number of fused-ring (bicyclic) bond motifs is 2. The number of nitrogens with zero attached hydrogens (tertiary/aromatic N) is 2. The number of H-pyrrole nitrogens is 1. The molecule has 1 aliphatic heterocycles. The van der Waals surface area contributed by atoms with Crippen molar-refractivity contribution in [2.45, 2.75) is 39.3 Å². The van der Waals surface area contributed by atoms with Crippen molar-refractivity contribution < 1.29 is 9.53 Å². The quantitative estimate of drug-likeness (QED) is 0.716. The maximum atomic E-state index is 12.4. The Labute approximate surface area is 157 Å². The second kappa shape index (κ2) is 6.30. The number of carbonyl (C=O) groups is 1. The Morgan fingerprint density at radius 2 is 1.89 bits per heavy atom. The van der Waals surface area contributed by atoms with E-state index < -0.39 is 5.60 Å². The Balaban J connectivity index is 1.64. The third kappa shape index (κ3) is 3.35. The minimum Gasteiger partial charge on any atom is -0.444 e. The summed E-state index contributed by atoms with van der Waals surface area (Å²) in [6.45, 7) is 6.73. The molecule has 1 aliphatic rings. The standard InChI is InChI=1S/C21H23N3O3/c1-21(2,3)27-20(26)23-11-10-14-12-16(9-8-15(14)13-23)24-18-7-5-4-6-17(18)22-19(24)25/h4-9,12H,10-11,13H2,1-3H3,(H,22,25). The average molecular weight is 365 g/mol. The van der Waals surface area contributed by atoms with Gasteiger partial charge in [-0.2, -0.15) is 0 Å². The van der Waals surface area contributed by atoms with Gasteiger partial charge in [-0.05, 0) is 62.6 Å². The molecule has 0 aliphatic carbocycles. The van der Waals surface area contributed by atoms with Crippen LogP contribution in [-0.4, -0.2) is 32.7 Å². The number of rotatable bonds is 1. The van der Waals surface area contributed by atoms with E-state index in [4.69, 9.17) is 4.74 Å². The molecule has 140 valence electrons. The molecule has 0 bridgehead atoms. The van der Waals surface area contributed by atoms with Gasteiger partial charge in [0, 0.05) is 13.1 Å². The number of amides is 1. The third-order valence-corrected chi connectivity index (χ3v) is 4.70. The topological polar surface area (TPSA) is 67.3 Å². The summed E-state index contributed by atoms with van der Waals surface area (Å²) < 4.78 is 7.17. The van der Waals surface area contributed by atoms with E-state index in [2.05, 4.69) is 4.98 Å². The highest BCUT2D eigenvalue weighted by atomic mass is 16.6. The van der Waals surface area contributed by atoms with Crippen LogP contribution in [0.3, 0.4) is 0 Å². The third-order valence-electron chi connectivity index (χ3n) is 4.70. The van der Waals surface area contributed by atoms with Gasteiger partial charge in [-0.3, -0.25) is 4.57 Å². The van der Waals surface area contributed by atoms with Gasteiger partial charge in [-0.15, -0.1) is 0 Å². The summed E-state index contributed by atoms with van der Waals surface area (Å²) in [5.41, 5.74) is 4.10. The van der Waals surface area contributed by atoms with Crippen molar-refractivity contribution in [3.63, 3.8) is 0 Å². The van der Waals surface area contributed by atoms with Crippen LogP contribution in [0.15, 0.2) is 47.3 Å². The number of aromatic nitrogens is 2. The second-order valence-corrected chi connectivity index (χ2v) is 7.89. The summed E-state index contributed by atoms with van der Waals surface area (Å²) in [4.78, 5) is 29.4. The predicted octanol–water partition coefficient (Wildman–Crippen LogP) is 3.61. The maximum absolute atomic E-state index is 12.4. The zero-order valence-electron chi connectivity index (χ0n) is 15.8. The van der Waals surface area contributed by atoms with E-state index in [1.165, 1.54) is 0 Å². The van der Waals surface area contributed by atoms with Crippen LogP contribution in [0.1, 0.15) is 31.9 Å². The average Bonchev–Trinajstić information content (AvgIpc) is 2.95. The Morgan fingerprint density at radius 3 is 2.67 bits per heavy atom. The molecule has 2 heterocycles. The summed E-state index contributed by atoms with van der Waals surface area (Å²) in [5.74, 6) is 0. The summed E-state index contributed by atoms with van der Waals surface area (Å²) >= 11 is 0. The Kier molecular flexibility index (Phi) is 4.06. The van der Waals surface area contributed by atoms with Crippen molar-refractivity contribution in [1.82, 2.24) is 14.5 Å². The van der Waals surface area contributed by atoms with E-state index in [9.17, 15) is 9.59 Å². The molecule has 0 fully saturated rings. The fourth-order valence-corrected chi connectivity index (χ4v) is 3.47. The molecule has 0 spiro atoms. The highest BCUT2D eigenvalue weighted by Gasteiger charge is 2.26. The van der Waals surface area contributed by atoms with Crippen LogP contribution < -0.4 is 5.69 Å². The summed E-state index contributed by atoms with van der Waals surface area (Å²) in [6, 6.07) is 13.6. The maximum Gasteiger partial charge on any atom is 0.410 e. The first-order chi connectivity index (χ1) is 12.8. The van der Waals surface area contributed by atoms with Crippen LogP contribution in [0.4, 0.5) is 4.79 Å². The molecule has 3 aromatic rings. The Bertz CT molecular complexity index is 1070. The van der Waals surface area contributed by atoms with E-state index in [1.807, 2.05) is 63.2 Å². The number of nitrogens with one attached hydrogen (secondary N) is 1. The smallest absolute Gasteiger partial charge is 0.410 e. The first-order valence-corrected chi connectivity index (χ1v) is 9.12. The van der Waals surface area contributed by atoms with Crippen molar-refractivity contribution >= 4 is 17.1 Å². The molecule has 1 aromatic heterocycles. The molecule has 0 atom stereocenters. The summed E-state index contributed by atoms with van der Waals surface area (Å²) in [5, 5.41) is 0. The van der Waals surface area contributed by atoms with Gasteiger partial charge in [0.1, 0.15) is 5.60 Å². The molecular weight excluding hydrogens is 342 g/mol. The zero-order valence-corrected chi connectivity index (χ0v) is 15.8. The normalized spacial score (nSPS) is 14.3. The van der Waals surface area contributed by atoms with Crippen molar-refractivity contribution in [2.24, 2.45) is 0 Å². The molecule has 0 unspecified atom stereocenters. The molecule has 0 saturated heterocycles. The molecular formula is C21H23N3O3. The number of hydrogen-bond donors (Lipinski definition) is 1. The van der Waals surface area contributed by atoms with E-state index in [0.29, 0.717) is 13.1 Å². The molecule has 27 heavy (non-hydrogen) atoms. The highest BCUT2D eigenvalue weighted by Crippen LogP contribution is 2.24. The lowest BCUT2D eigenvalue weighted by Gasteiger charge is -2.31. The Morgan fingerprint density at radius 1 is 1.11 bits per heavy atom. The second-order valence-electron chi connectivity index (χ2n) is 7.89. The fourth-order valence-electron chi connectivity index (χ4n) is 3.47. The zero-order chi connectivity index (χ0) is 19.2. The van der Waals surface area contributed by atoms with E-state index in [1.54, 1.807) is 9.47 Å². The first kappa shape index (κ1) is 17.4. The number of ether oxygens (including phenoxy) is 1. The van der Waals surface area contributed by atoms with Gasteiger partial charge in [0.15, 0.2) is 0 Å². The van der Waals surface area contributed by atoms with Crippen LogP contribution in [0, 0.1) is 0 Å². The van der Waals surface area contributed by atoms with Gasteiger partial charge in [0.25, 0.3) is 0 Å². The predicted molar refractivity (Wildman–Crippen MR) is 104 cm³/mol. The summed E-state index contributed by atoms with van der Waals surface area (Å²) in [6.07, 6.45) is 0.449. The number of carbonyl (C=O) groups excluding carboxylic acids is 1. The minimum atomic E-state index is -0.502. The van der Waals surface area contributed by atoms with Gasteiger partial charge in [-0.1, -0.05) is 18.2 Å². The van der Waals surface area contributed by atoms with Gasteiger partial charge in [-0.25, -0.2) is 9.59 Å². The summed E-state index contributed by atoms with van der Waals surface area (Å²) in [7, 11) is 0. The lowest BCUT2D eigenvalue weighted by molar-refractivity contribution is 0.0224. The largest absolute Gasteiger partial charge is 0.444 e. The van der Waals surface area contributed by atoms with Crippen molar-refractivity contribution in [1.29, 1.82) is 0 Å². The molecule has 1 amide bonds. The molecule has 4 rings (SSSR count). The number of imidazole rings is 1. The van der Waals surface area contributed by atoms with Gasteiger partial charge in [0.05, 0.1) is 16.7 Å². The van der Waals surface area contributed by atoms with Crippen LogP contribution in [0.25, 0.3) is 16.7 Å². The van der Waals surface area contributed by atoms with Crippen LogP contribution >= 0.6 is 0 Å². The highest BCUT2D eigenvalue weighted by molar-refractivity contribution is 5.77. The SMILES string of the molecule is CC(C)(C)OC(=O)N1CCc2cc(-n3c(=O)[nH]c4ccccc43)ccc2C1. The fraction of sp³-hybridized carbons (Fsp3) is 0.333. The van der Waals surface area contributed by atoms with Crippen molar-refractivity contribution in [3.05, 3.63) is 64.1 Å². The van der Waals surface area contributed by atoms with Gasteiger partial charge >= 0.3 is 11.8 Å². The molecule has 6 heteroatoms. The molecule has 1 N–H and O–H groups in total. The molecule has 6 nitrogen and oxygen atoms in total. The molecule has 0 radical (unpaired) electrons. The molecule has 0 saturated carbocycles. The minimum absolute atomic E-state index is 0.151. The van der Waals surface area contributed by atoms with Crippen molar-refractivity contribution in [3.8, 4) is 5.69 Å². The van der Waals surface area contributed by atoms with Crippen LogP contribution in [-0.2, 0) is 17.7 Å². The van der Waals surface area contributed by atoms with E-state index >= 15 is 0 Å². The van der Waals surface area contributed by atoms with E-state index in [-0.39, 0.29) is 11.8 Å². The lowest BCUT2D eigenvalue weighted by atomic mass is 9.99. The molecule has 2 aromatic carbocycles. The van der Waals surface area contributed by atoms with E-state index in [0.717, 1.165) is 34.3 Å². The number of hydrogen-bond acceptors (Lipinski definition) is 3. The van der Waals surface area contributed by atoms with Gasteiger partial charge in [0.2, 0.25) is 0 Å². The first-order valence-electron chi connectivity index (χ1n) is 9.12. The Hall–Kier alpha value is -3.02. The van der Waals surface area contributed by atoms with Crippen LogP contribution in [0.2, 0.25) is 0 Å². The van der Waals surface area contributed by atoms with Crippen LogP contribution in [0.5, 0.6) is 0 Å². The lowest BCUT2D eigenvalue weighted by Crippen LogP contribution is -2.39. The van der Waals surface area contributed by atoms with Gasteiger partial charge < -0.3 is 14.6 Å².